The number of amides is 2. The molecule has 3 aromatic carbocycles. The molecule has 1 N–H and O–H groups in total. The molecule has 0 spiro atoms. The number of carbonyl (C=O) groups excluding carboxylic acids is 4. The van der Waals surface area contributed by atoms with E-state index in [1.54, 1.807) is 74.6 Å². The lowest BCUT2D eigenvalue weighted by molar-refractivity contribution is -0.153. The zero-order chi connectivity index (χ0) is 25.4. The Balaban J connectivity index is 1.50. The Labute approximate surface area is 207 Å². The number of nitrogens with zero attached hydrogens (tertiary/aromatic N) is 1. The first-order chi connectivity index (χ1) is 17.4. The number of carbonyl (C=O) groups is 4. The van der Waals surface area contributed by atoms with Crippen molar-refractivity contribution in [2.75, 3.05) is 0 Å². The lowest BCUT2D eigenvalue weighted by Gasteiger charge is -2.29. The molecular formula is C29H24N2O5. The van der Waals surface area contributed by atoms with Crippen molar-refractivity contribution in [3.8, 4) is 0 Å². The Hall–Kier alpha value is -4.52. The molecule has 2 unspecified atom stereocenters. The quantitative estimate of drug-likeness (QED) is 0.229. The van der Waals surface area contributed by atoms with E-state index < -0.39 is 41.6 Å². The van der Waals surface area contributed by atoms with Crippen LogP contribution in [0.4, 0.5) is 0 Å². The molecule has 0 bridgehead atoms. The summed E-state index contributed by atoms with van der Waals surface area (Å²) in [5.74, 6) is -2.77. The molecule has 0 saturated carbocycles. The number of para-hydroxylation sites is 1. The van der Waals surface area contributed by atoms with Crippen LogP contribution in [-0.4, -0.2) is 39.5 Å². The van der Waals surface area contributed by atoms with Gasteiger partial charge in [0, 0.05) is 28.2 Å². The standard InChI is InChI=1S/C29H24N2O5/c1-17(2)24(31-27(33)20-13-6-7-14-21(20)28(31)34)29(35)36-26(18-10-4-3-5-11-18)25(32)22-16-30-23-15-9-8-12-19(22)23/h3-17,24,26,30H,1-2H3. The fourth-order valence-corrected chi connectivity index (χ4v) is 4.64. The van der Waals surface area contributed by atoms with E-state index in [0.29, 0.717) is 16.5 Å². The predicted molar refractivity (Wildman–Crippen MR) is 133 cm³/mol. The van der Waals surface area contributed by atoms with Gasteiger partial charge in [-0.15, -0.1) is 0 Å². The zero-order valence-corrected chi connectivity index (χ0v) is 19.8. The third-order valence-electron chi connectivity index (χ3n) is 6.41. The van der Waals surface area contributed by atoms with Crippen molar-refractivity contribution in [2.45, 2.75) is 26.0 Å². The van der Waals surface area contributed by atoms with E-state index in [9.17, 15) is 19.2 Å². The second kappa shape index (κ2) is 9.26. The minimum atomic E-state index is -1.26. The van der Waals surface area contributed by atoms with E-state index in [1.165, 1.54) is 0 Å². The molecule has 36 heavy (non-hydrogen) atoms. The number of aromatic nitrogens is 1. The van der Waals surface area contributed by atoms with Gasteiger partial charge in [0.05, 0.1) is 11.1 Å². The highest BCUT2D eigenvalue weighted by molar-refractivity contribution is 6.22. The highest BCUT2D eigenvalue weighted by atomic mass is 16.5. The normalized spacial score (nSPS) is 14.7. The van der Waals surface area contributed by atoms with Crippen LogP contribution < -0.4 is 0 Å². The smallest absolute Gasteiger partial charge is 0.330 e. The van der Waals surface area contributed by atoms with Gasteiger partial charge in [-0.3, -0.25) is 19.3 Å². The van der Waals surface area contributed by atoms with Gasteiger partial charge in [0.2, 0.25) is 5.78 Å². The minimum absolute atomic E-state index is 0.246. The molecule has 2 atom stereocenters. The van der Waals surface area contributed by atoms with Crippen LogP contribution in [0.3, 0.4) is 0 Å². The molecule has 7 heteroatoms. The number of hydrogen-bond acceptors (Lipinski definition) is 5. The number of Topliss-reactive ketones (excluding diaryl/α,β-unsaturated/α-hetero) is 1. The summed E-state index contributed by atoms with van der Waals surface area (Å²) in [6, 6.07) is 21.3. The second-order valence-electron chi connectivity index (χ2n) is 9.05. The lowest BCUT2D eigenvalue weighted by atomic mass is 9.98. The Morgan fingerprint density at radius 1 is 0.806 bits per heavy atom. The first-order valence-electron chi connectivity index (χ1n) is 11.7. The van der Waals surface area contributed by atoms with Gasteiger partial charge in [-0.05, 0) is 24.1 Å². The molecule has 2 amide bonds. The van der Waals surface area contributed by atoms with E-state index >= 15 is 0 Å². The molecule has 0 saturated heterocycles. The second-order valence-corrected chi connectivity index (χ2v) is 9.05. The highest BCUT2D eigenvalue weighted by Crippen LogP contribution is 2.31. The molecule has 0 radical (unpaired) electrons. The number of esters is 1. The van der Waals surface area contributed by atoms with Crippen LogP contribution in [0.15, 0.2) is 85.1 Å². The molecule has 4 aromatic rings. The van der Waals surface area contributed by atoms with Crippen molar-refractivity contribution in [1.82, 2.24) is 9.88 Å². The number of nitrogens with one attached hydrogen (secondary N) is 1. The Kier molecular flexibility index (Phi) is 5.98. The zero-order valence-electron chi connectivity index (χ0n) is 19.8. The van der Waals surface area contributed by atoms with Gasteiger partial charge in [-0.1, -0.05) is 74.5 Å². The summed E-state index contributed by atoms with van der Waals surface area (Å²) in [5.41, 5.74) is 2.15. The van der Waals surface area contributed by atoms with Crippen LogP contribution in [0.2, 0.25) is 0 Å². The number of ketones is 1. The summed E-state index contributed by atoms with van der Waals surface area (Å²) in [4.78, 5) is 57.6. The average molecular weight is 481 g/mol. The topological polar surface area (TPSA) is 96.5 Å². The number of fused-ring (bicyclic) bond motifs is 2. The van der Waals surface area contributed by atoms with Crippen molar-refractivity contribution in [3.05, 3.63) is 107 Å². The maximum absolute atomic E-state index is 13.7. The van der Waals surface area contributed by atoms with E-state index in [2.05, 4.69) is 4.98 Å². The molecule has 2 heterocycles. The number of hydrogen-bond donors (Lipinski definition) is 1. The van der Waals surface area contributed by atoms with Gasteiger partial charge in [0.1, 0.15) is 6.04 Å². The van der Waals surface area contributed by atoms with Crippen LogP contribution >= 0.6 is 0 Å². The Bertz CT molecular complexity index is 1450. The molecule has 1 aliphatic heterocycles. The molecule has 5 rings (SSSR count). The van der Waals surface area contributed by atoms with Gasteiger partial charge in [-0.25, -0.2) is 4.79 Å². The van der Waals surface area contributed by atoms with Crippen molar-refractivity contribution in [3.63, 3.8) is 0 Å². The SMILES string of the molecule is CC(C)C(C(=O)OC(C(=O)c1c[nH]c2ccccc12)c1ccccc1)N1C(=O)c2ccccc2C1=O. The molecule has 7 nitrogen and oxygen atoms in total. The summed E-state index contributed by atoms with van der Waals surface area (Å²) in [6.45, 7) is 3.46. The van der Waals surface area contributed by atoms with Crippen LogP contribution in [-0.2, 0) is 9.53 Å². The number of H-pyrrole nitrogens is 1. The summed E-state index contributed by atoms with van der Waals surface area (Å²) >= 11 is 0. The lowest BCUT2D eigenvalue weighted by Crippen LogP contribution is -2.49. The van der Waals surface area contributed by atoms with Gasteiger partial charge < -0.3 is 9.72 Å². The van der Waals surface area contributed by atoms with Crippen LogP contribution in [0, 0.1) is 5.92 Å². The van der Waals surface area contributed by atoms with E-state index in [0.717, 1.165) is 10.4 Å². The molecular weight excluding hydrogens is 456 g/mol. The minimum Gasteiger partial charge on any atom is -0.447 e. The van der Waals surface area contributed by atoms with Crippen LogP contribution in [0.1, 0.15) is 56.6 Å². The largest absolute Gasteiger partial charge is 0.447 e. The van der Waals surface area contributed by atoms with Crippen molar-refractivity contribution >= 4 is 34.5 Å². The monoisotopic (exact) mass is 480 g/mol. The van der Waals surface area contributed by atoms with Gasteiger partial charge in [0.15, 0.2) is 6.10 Å². The number of aromatic amines is 1. The van der Waals surface area contributed by atoms with Gasteiger partial charge >= 0.3 is 5.97 Å². The molecule has 1 aromatic heterocycles. The number of benzene rings is 3. The highest BCUT2D eigenvalue weighted by Gasteiger charge is 2.45. The average Bonchev–Trinajstić information content (AvgIpc) is 3.43. The van der Waals surface area contributed by atoms with E-state index in [1.807, 2.05) is 24.3 Å². The van der Waals surface area contributed by atoms with E-state index in [-0.39, 0.29) is 11.1 Å². The van der Waals surface area contributed by atoms with Gasteiger partial charge in [-0.2, -0.15) is 0 Å². The molecule has 1 aliphatic rings. The fraction of sp³-hybridized carbons (Fsp3) is 0.172. The third kappa shape index (κ3) is 3.88. The first kappa shape index (κ1) is 23.2. The number of rotatable bonds is 7. The maximum atomic E-state index is 13.7. The van der Waals surface area contributed by atoms with Crippen molar-refractivity contribution in [1.29, 1.82) is 0 Å². The van der Waals surface area contributed by atoms with Gasteiger partial charge in [0.25, 0.3) is 11.8 Å². The maximum Gasteiger partial charge on any atom is 0.330 e. The van der Waals surface area contributed by atoms with Crippen LogP contribution in [0.5, 0.6) is 0 Å². The first-order valence-corrected chi connectivity index (χ1v) is 11.7. The molecule has 0 fully saturated rings. The van der Waals surface area contributed by atoms with E-state index in [4.69, 9.17) is 4.74 Å². The Morgan fingerprint density at radius 3 is 2.03 bits per heavy atom. The number of imide groups is 1. The summed E-state index contributed by atoms with van der Waals surface area (Å²) < 4.78 is 5.85. The van der Waals surface area contributed by atoms with Crippen molar-refractivity contribution in [2.24, 2.45) is 5.92 Å². The van der Waals surface area contributed by atoms with Crippen LogP contribution in [0.25, 0.3) is 10.9 Å². The van der Waals surface area contributed by atoms with Crippen molar-refractivity contribution < 1.29 is 23.9 Å². The summed E-state index contributed by atoms with van der Waals surface area (Å²) in [7, 11) is 0. The molecule has 180 valence electrons. The fourth-order valence-electron chi connectivity index (χ4n) is 4.64. The predicted octanol–water partition coefficient (Wildman–Crippen LogP) is 4.96. The number of ether oxygens (including phenoxy) is 1. The Morgan fingerprint density at radius 2 is 1.39 bits per heavy atom. The summed E-state index contributed by atoms with van der Waals surface area (Å²) in [6.07, 6.45) is 0.343. The molecule has 0 aliphatic carbocycles. The summed E-state index contributed by atoms with van der Waals surface area (Å²) in [5, 5.41) is 0.709. The third-order valence-corrected chi connectivity index (χ3v) is 6.41.